The van der Waals surface area contributed by atoms with Crippen LogP contribution in [0.2, 0.25) is 5.28 Å². The van der Waals surface area contributed by atoms with Gasteiger partial charge in [0.1, 0.15) is 5.82 Å². The summed E-state index contributed by atoms with van der Waals surface area (Å²) in [6, 6.07) is 8.14. The highest BCUT2D eigenvalue weighted by molar-refractivity contribution is 7.90. The van der Waals surface area contributed by atoms with Crippen LogP contribution in [0.3, 0.4) is 0 Å². The maximum atomic E-state index is 13.3. The summed E-state index contributed by atoms with van der Waals surface area (Å²) in [7, 11) is -2.46. The number of nitrogens with one attached hydrogen (secondary N) is 1. The van der Waals surface area contributed by atoms with Crippen LogP contribution in [0.1, 0.15) is 31.2 Å². The molecule has 2 aromatic heterocycles. The van der Waals surface area contributed by atoms with E-state index < -0.39 is 10.0 Å². The summed E-state index contributed by atoms with van der Waals surface area (Å²) in [6.45, 7) is 1.89. The van der Waals surface area contributed by atoms with Gasteiger partial charge in [0.15, 0.2) is 5.65 Å². The van der Waals surface area contributed by atoms with Gasteiger partial charge in [-0.25, -0.2) is 17.4 Å². The summed E-state index contributed by atoms with van der Waals surface area (Å²) >= 11 is 6.23. The quantitative estimate of drug-likeness (QED) is 0.427. The van der Waals surface area contributed by atoms with Crippen molar-refractivity contribution >= 4 is 44.4 Å². The van der Waals surface area contributed by atoms with Gasteiger partial charge < -0.3 is 10.1 Å². The molecule has 0 radical (unpaired) electrons. The Kier molecular flexibility index (Phi) is 5.56. The molecule has 10 heteroatoms. The predicted molar refractivity (Wildman–Crippen MR) is 125 cm³/mol. The number of rotatable bonds is 5. The Morgan fingerprint density at radius 2 is 1.76 bits per heavy atom. The number of aromatic nitrogens is 3. The fourth-order valence-corrected chi connectivity index (χ4v) is 6.84. The van der Waals surface area contributed by atoms with Crippen molar-refractivity contribution in [3.63, 3.8) is 0 Å². The second-order valence-electron chi connectivity index (χ2n) is 8.90. The van der Waals surface area contributed by atoms with Crippen molar-refractivity contribution in [1.29, 1.82) is 0 Å². The lowest BCUT2D eigenvalue weighted by molar-refractivity contribution is -0.152. The van der Waals surface area contributed by atoms with Gasteiger partial charge in [0.05, 0.1) is 23.3 Å². The van der Waals surface area contributed by atoms with Crippen molar-refractivity contribution in [2.75, 3.05) is 12.4 Å². The Morgan fingerprint density at radius 1 is 1.09 bits per heavy atom. The van der Waals surface area contributed by atoms with E-state index in [2.05, 4.69) is 15.3 Å². The largest absolute Gasteiger partial charge is 0.469 e. The Morgan fingerprint density at radius 3 is 2.42 bits per heavy atom. The lowest BCUT2D eigenvalue weighted by Crippen LogP contribution is -2.51. The summed E-state index contributed by atoms with van der Waals surface area (Å²) in [5.41, 5.74) is 1.15. The third-order valence-corrected chi connectivity index (χ3v) is 8.91. The van der Waals surface area contributed by atoms with Crippen molar-refractivity contribution < 1.29 is 17.9 Å². The van der Waals surface area contributed by atoms with Gasteiger partial charge in [-0.3, -0.25) is 4.79 Å². The van der Waals surface area contributed by atoms with Crippen LogP contribution in [0.15, 0.2) is 41.4 Å². The van der Waals surface area contributed by atoms with E-state index in [1.165, 1.54) is 13.3 Å². The molecular formula is C23H25ClN4O4S. The van der Waals surface area contributed by atoms with Gasteiger partial charge in [0.2, 0.25) is 5.28 Å². The monoisotopic (exact) mass is 488 g/mol. The minimum Gasteiger partial charge on any atom is -0.469 e. The topological polar surface area (TPSA) is 103 Å². The van der Waals surface area contributed by atoms with E-state index in [1.807, 2.05) is 6.92 Å². The van der Waals surface area contributed by atoms with Crippen LogP contribution in [-0.2, 0) is 19.6 Å². The average molecular weight is 489 g/mol. The standard InChI is InChI=1S/C23H25ClN4O4S/c1-13-3-9-16(10-4-13)33(30,31)28-12-11-17-20(26-23(24)27-21(17)28)25-19-15-7-5-14(6-8-15)18(19)22(29)32-2/h3-4,9-12,14-15,18-19H,5-8H2,1-2H3,(H,25,26,27). The number of hydrogen-bond acceptors (Lipinski definition) is 7. The summed E-state index contributed by atoms with van der Waals surface area (Å²) < 4.78 is 32.8. The number of anilines is 1. The maximum absolute atomic E-state index is 13.3. The fourth-order valence-electron chi connectivity index (χ4n) is 5.38. The molecule has 2 heterocycles. The number of halogens is 1. The van der Waals surface area contributed by atoms with Gasteiger partial charge in [0.25, 0.3) is 10.0 Å². The minimum absolute atomic E-state index is 0.0698. The van der Waals surface area contributed by atoms with Crippen LogP contribution in [0, 0.1) is 24.7 Å². The second-order valence-corrected chi connectivity index (χ2v) is 11.1. The first-order valence-electron chi connectivity index (χ1n) is 11.0. The molecule has 1 aromatic carbocycles. The molecule has 0 spiro atoms. The van der Waals surface area contributed by atoms with Crippen molar-refractivity contribution in [3.8, 4) is 0 Å². The smallest absolute Gasteiger partial charge is 0.311 e. The zero-order valence-electron chi connectivity index (χ0n) is 18.4. The molecule has 0 amide bonds. The minimum atomic E-state index is -3.88. The summed E-state index contributed by atoms with van der Waals surface area (Å²) in [5, 5.41) is 3.89. The third-order valence-electron chi connectivity index (χ3n) is 7.06. The van der Waals surface area contributed by atoms with Gasteiger partial charge in [0, 0.05) is 12.2 Å². The van der Waals surface area contributed by atoms with Crippen LogP contribution in [0.25, 0.3) is 11.0 Å². The lowest BCUT2D eigenvalue weighted by atomic mass is 9.61. The van der Waals surface area contributed by atoms with E-state index in [9.17, 15) is 13.2 Å². The van der Waals surface area contributed by atoms with E-state index in [-0.39, 0.29) is 39.7 Å². The number of carbonyl (C=O) groups is 1. The van der Waals surface area contributed by atoms with Gasteiger partial charge in [-0.2, -0.15) is 4.98 Å². The third kappa shape index (κ3) is 3.77. The van der Waals surface area contributed by atoms with Gasteiger partial charge >= 0.3 is 5.97 Å². The first-order chi connectivity index (χ1) is 15.8. The van der Waals surface area contributed by atoms with E-state index in [0.29, 0.717) is 17.1 Å². The van der Waals surface area contributed by atoms with Gasteiger partial charge in [-0.05, 0) is 74.2 Å². The Bertz CT molecular complexity index is 1310. The number of ether oxygens (including phenoxy) is 1. The molecular weight excluding hydrogens is 464 g/mol. The summed E-state index contributed by atoms with van der Waals surface area (Å²) in [4.78, 5) is 21.3. The van der Waals surface area contributed by atoms with Gasteiger partial charge in [-0.1, -0.05) is 17.7 Å². The van der Waals surface area contributed by atoms with E-state index in [0.717, 1.165) is 35.2 Å². The number of nitrogens with zero attached hydrogens (tertiary/aromatic N) is 3. The zero-order chi connectivity index (χ0) is 23.3. The number of carbonyl (C=O) groups excluding carboxylic acids is 1. The first-order valence-corrected chi connectivity index (χ1v) is 12.8. The number of aryl methyl sites for hydroxylation is 1. The molecule has 3 fully saturated rings. The number of fused-ring (bicyclic) bond motifs is 4. The molecule has 0 saturated heterocycles. The summed E-state index contributed by atoms with van der Waals surface area (Å²) in [5.74, 6) is 0.498. The van der Waals surface area contributed by atoms with Crippen molar-refractivity contribution in [1.82, 2.24) is 13.9 Å². The first kappa shape index (κ1) is 22.2. The van der Waals surface area contributed by atoms with Crippen molar-refractivity contribution in [2.45, 2.75) is 43.5 Å². The molecule has 6 rings (SSSR count). The van der Waals surface area contributed by atoms with Crippen molar-refractivity contribution in [3.05, 3.63) is 47.4 Å². The van der Waals surface area contributed by atoms with Crippen LogP contribution in [0.4, 0.5) is 5.82 Å². The van der Waals surface area contributed by atoms with E-state index in [4.69, 9.17) is 16.3 Å². The van der Waals surface area contributed by atoms with Crippen LogP contribution in [-0.4, -0.2) is 41.5 Å². The predicted octanol–water partition coefficient (Wildman–Crippen LogP) is 4.02. The highest BCUT2D eigenvalue weighted by Crippen LogP contribution is 2.47. The molecule has 8 nitrogen and oxygen atoms in total. The highest BCUT2D eigenvalue weighted by Gasteiger charge is 2.48. The van der Waals surface area contributed by atoms with E-state index in [1.54, 1.807) is 30.3 Å². The molecule has 174 valence electrons. The second kappa shape index (κ2) is 8.29. The molecule has 3 aliphatic rings. The average Bonchev–Trinajstić information content (AvgIpc) is 3.24. The highest BCUT2D eigenvalue weighted by atomic mass is 35.5. The van der Waals surface area contributed by atoms with Crippen LogP contribution < -0.4 is 5.32 Å². The molecule has 3 aromatic rings. The van der Waals surface area contributed by atoms with Gasteiger partial charge in [-0.15, -0.1) is 0 Å². The maximum Gasteiger partial charge on any atom is 0.311 e. The number of benzene rings is 1. The molecule has 2 atom stereocenters. The Hall–Kier alpha value is -2.65. The number of esters is 1. The number of hydrogen-bond donors (Lipinski definition) is 1. The molecule has 2 unspecified atom stereocenters. The Labute approximate surface area is 197 Å². The zero-order valence-corrected chi connectivity index (χ0v) is 19.9. The lowest BCUT2D eigenvalue weighted by Gasteiger charge is -2.47. The molecule has 3 aliphatic carbocycles. The summed E-state index contributed by atoms with van der Waals surface area (Å²) in [6.07, 6.45) is 5.53. The molecule has 33 heavy (non-hydrogen) atoms. The molecule has 3 saturated carbocycles. The molecule has 0 aliphatic heterocycles. The molecule has 2 bridgehead atoms. The molecule has 1 N–H and O–H groups in total. The van der Waals surface area contributed by atoms with Crippen LogP contribution >= 0.6 is 11.6 Å². The normalized spacial score (nSPS) is 24.7. The fraction of sp³-hybridized carbons (Fsp3) is 0.435. The number of methoxy groups -OCH3 is 1. The SMILES string of the molecule is COC(=O)C1C2CCC(CC2)C1Nc1nc(Cl)nc2c1ccn2S(=O)(=O)c1ccc(C)cc1. The van der Waals surface area contributed by atoms with Crippen molar-refractivity contribution in [2.24, 2.45) is 17.8 Å². The Balaban J connectivity index is 1.56. The van der Waals surface area contributed by atoms with E-state index >= 15 is 0 Å². The van der Waals surface area contributed by atoms with Crippen LogP contribution in [0.5, 0.6) is 0 Å².